The number of nitrogens with zero attached hydrogens (tertiary/aromatic N) is 2. The van der Waals surface area contributed by atoms with Gasteiger partial charge >= 0.3 is 0 Å². The normalized spacial score (nSPS) is 18.6. The van der Waals surface area contributed by atoms with Crippen molar-refractivity contribution in [1.29, 1.82) is 0 Å². The van der Waals surface area contributed by atoms with Crippen LogP contribution in [0.4, 0.5) is 11.4 Å². The Morgan fingerprint density at radius 3 is 2.11 bits per heavy atom. The summed E-state index contributed by atoms with van der Waals surface area (Å²) in [7, 11) is 1.96. The van der Waals surface area contributed by atoms with Gasteiger partial charge in [0.15, 0.2) is 0 Å². The van der Waals surface area contributed by atoms with Crippen molar-refractivity contribution in [3.63, 3.8) is 0 Å². The van der Waals surface area contributed by atoms with E-state index in [0.29, 0.717) is 12.6 Å². The van der Waals surface area contributed by atoms with Crippen LogP contribution >= 0.6 is 0 Å². The van der Waals surface area contributed by atoms with Crippen molar-refractivity contribution < 1.29 is 4.79 Å². The van der Waals surface area contributed by atoms with Crippen LogP contribution in [0, 0.1) is 33.6 Å². The zero-order valence-electron chi connectivity index (χ0n) is 17.7. The Labute approximate surface area is 164 Å². The van der Waals surface area contributed by atoms with E-state index in [4.69, 9.17) is 5.73 Å². The van der Waals surface area contributed by atoms with Crippen LogP contribution in [0.1, 0.15) is 47.9 Å². The van der Waals surface area contributed by atoms with Crippen molar-refractivity contribution >= 4 is 17.3 Å². The number of carbonyl (C=O) groups excluding carboxylic acids is 1. The highest BCUT2D eigenvalue weighted by Gasteiger charge is 2.29. The number of nitrogen functional groups attached to an aromatic ring is 1. The van der Waals surface area contributed by atoms with Crippen molar-refractivity contribution in [2.24, 2.45) is 5.92 Å². The van der Waals surface area contributed by atoms with E-state index in [9.17, 15) is 4.79 Å². The molecule has 1 saturated heterocycles. The van der Waals surface area contributed by atoms with Crippen LogP contribution < -0.4 is 11.1 Å². The molecule has 1 aliphatic heterocycles. The largest absolute Gasteiger partial charge is 0.398 e. The summed E-state index contributed by atoms with van der Waals surface area (Å²) in [6.45, 7) is 12.1. The fraction of sp³-hybridized carbons (Fsp3) is 0.682. The number of hydrogen-bond acceptors (Lipinski definition) is 4. The first-order chi connectivity index (χ1) is 12.8. The summed E-state index contributed by atoms with van der Waals surface area (Å²) < 4.78 is 0. The van der Waals surface area contributed by atoms with Gasteiger partial charge in [-0.2, -0.15) is 0 Å². The van der Waals surface area contributed by atoms with Gasteiger partial charge in [-0.25, -0.2) is 0 Å². The topological polar surface area (TPSA) is 61.6 Å². The van der Waals surface area contributed by atoms with Gasteiger partial charge in [0, 0.05) is 44.1 Å². The second kappa shape index (κ2) is 8.09. The highest BCUT2D eigenvalue weighted by molar-refractivity contribution is 5.82. The average molecular weight is 373 g/mol. The molecule has 0 atom stereocenters. The third-order valence-electron chi connectivity index (χ3n) is 6.81. The number of likely N-dealkylation sites (tertiary alicyclic amines) is 1. The van der Waals surface area contributed by atoms with E-state index in [1.165, 1.54) is 19.4 Å². The first-order valence-electron chi connectivity index (χ1n) is 10.4. The minimum Gasteiger partial charge on any atom is -0.398 e. The maximum absolute atomic E-state index is 12.8. The number of carbonyl (C=O) groups is 1. The summed E-state index contributed by atoms with van der Waals surface area (Å²) in [5.74, 6) is 1.12. The van der Waals surface area contributed by atoms with Gasteiger partial charge in [-0.05, 0) is 81.5 Å². The van der Waals surface area contributed by atoms with Gasteiger partial charge in [-0.3, -0.25) is 4.79 Å². The number of piperidine rings is 1. The molecule has 1 aliphatic carbocycles. The second-order valence-corrected chi connectivity index (χ2v) is 8.62. The highest BCUT2D eigenvalue weighted by Crippen LogP contribution is 2.32. The van der Waals surface area contributed by atoms with Gasteiger partial charge in [0.25, 0.3) is 0 Å². The van der Waals surface area contributed by atoms with Gasteiger partial charge in [0.05, 0.1) is 6.54 Å². The number of anilines is 2. The predicted molar refractivity (Wildman–Crippen MR) is 113 cm³/mol. The molecule has 5 heteroatoms. The lowest BCUT2D eigenvalue weighted by Gasteiger charge is -2.37. The quantitative estimate of drug-likeness (QED) is 0.753. The maximum atomic E-state index is 12.8. The van der Waals surface area contributed by atoms with Crippen LogP contribution in [-0.4, -0.2) is 55.0 Å². The Morgan fingerprint density at radius 1 is 1.04 bits per heavy atom. The molecule has 0 unspecified atom stereocenters. The van der Waals surface area contributed by atoms with Gasteiger partial charge in [-0.15, -0.1) is 0 Å². The lowest BCUT2D eigenvalue weighted by atomic mass is 9.96. The van der Waals surface area contributed by atoms with Crippen LogP contribution in [0.2, 0.25) is 0 Å². The SMILES string of the molecule is Cc1c(C)c(NCC(=O)N(C)C2CCN(CC3CC3)CC2)c(C)c(C)c1N. The number of benzene rings is 1. The van der Waals surface area contributed by atoms with E-state index in [0.717, 1.165) is 65.5 Å². The minimum absolute atomic E-state index is 0.168. The first kappa shape index (κ1) is 20.0. The second-order valence-electron chi connectivity index (χ2n) is 8.62. The van der Waals surface area contributed by atoms with E-state index in [-0.39, 0.29) is 5.91 Å². The van der Waals surface area contributed by atoms with Crippen LogP contribution in [0.25, 0.3) is 0 Å². The van der Waals surface area contributed by atoms with Crippen molar-refractivity contribution in [2.75, 3.05) is 44.3 Å². The molecule has 1 heterocycles. The average Bonchev–Trinajstić information content (AvgIpc) is 3.48. The molecule has 5 nitrogen and oxygen atoms in total. The van der Waals surface area contributed by atoms with Crippen molar-refractivity contribution in [3.05, 3.63) is 22.3 Å². The fourth-order valence-electron chi connectivity index (χ4n) is 4.25. The number of likely N-dealkylation sites (N-methyl/N-ethyl adjacent to an activating group) is 1. The Bertz CT molecular complexity index is 674. The van der Waals surface area contributed by atoms with E-state index in [2.05, 4.69) is 24.1 Å². The number of nitrogens with two attached hydrogens (primary N) is 1. The smallest absolute Gasteiger partial charge is 0.241 e. The Balaban J connectivity index is 1.55. The molecule has 27 heavy (non-hydrogen) atoms. The Hall–Kier alpha value is -1.75. The minimum atomic E-state index is 0.168. The summed E-state index contributed by atoms with van der Waals surface area (Å²) in [5.41, 5.74) is 12.6. The molecule has 1 aromatic rings. The van der Waals surface area contributed by atoms with Crippen molar-refractivity contribution in [2.45, 2.75) is 59.4 Å². The molecule has 2 fully saturated rings. The fourth-order valence-corrected chi connectivity index (χ4v) is 4.25. The summed E-state index contributed by atoms with van der Waals surface area (Å²) in [6.07, 6.45) is 5.00. The van der Waals surface area contributed by atoms with Gasteiger partial charge in [0.1, 0.15) is 0 Å². The van der Waals surface area contributed by atoms with Crippen LogP contribution in [0.15, 0.2) is 0 Å². The van der Waals surface area contributed by atoms with E-state index < -0.39 is 0 Å². The third-order valence-corrected chi connectivity index (χ3v) is 6.81. The van der Waals surface area contributed by atoms with Gasteiger partial charge < -0.3 is 20.9 Å². The summed E-state index contributed by atoms with van der Waals surface area (Å²) >= 11 is 0. The molecule has 0 spiro atoms. The van der Waals surface area contributed by atoms with E-state index >= 15 is 0 Å². The Morgan fingerprint density at radius 2 is 1.59 bits per heavy atom. The molecule has 0 radical (unpaired) electrons. The third kappa shape index (κ3) is 4.40. The first-order valence-corrected chi connectivity index (χ1v) is 10.4. The van der Waals surface area contributed by atoms with Crippen LogP contribution in [0.5, 0.6) is 0 Å². The molecule has 3 N–H and O–H groups in total. The highest BCUT2D eigenvalue weighted by atomic mass is 16.2. The molecule has 3 rings (SSSR count). The van der Waals surface area contributed by atoms with E-state index in [1.54, 1.807) is 0 Å². The summed E-state index contributed by atoms with van der Waals surface area (Å²) in [4.78, 5) is 17.3. The zero-order valence-corrected chi connectivity index (χ0v) is 17.7. The van der Waals surface area contributed by atoms with Crippen molar-refractivity contribution in [3.8, 4) is 0 Å². The molecule has 1 saturated carbocycles. The lowest BCUT2D eigenvalue weighted by molar-refractivity contribution is -0.130. The number of nitrogens with one attached hydrogen (secondary N) is 1. The molecule has 2 aliphatic rings. The molecular formula is C22H36N4O. The monoisotopic (exact) mass is 372 g/mol. The van der Waals surface area contributed by atoms with E-state index in [1.807, 2.05) is 25.8 Å². The molecule has 150 valence electrons. The predicted octanol–water partition coefficient (Wildman–Crippen LogP) is 3.25. The molecule has 0 aromatic heterocycles. The molecule has 1 amide bonds. The maximum Gasteiger partial charge on any atom is 0.241 e. The zero-order chi connectivity index (χ0) is 19.7. The number of rotatable bonds is 6. The number of hydrogen-bond donors (Lipinski definition) is 2. The van der Waals surface area contributed by atoms with Crippen LogP contribution in [0.3, 0.4) is 0 Å². The van der Waals surface area contributed by atoms with Gasteiger partial charge in [0.2, 0.25) is 5.91 Å². The van der Waals surface area contributed by atoms with Crippen molar-refractivity contribution in [1.82, 2.24) is 9.80 Å². The van der Waals surface area contributed by atoms with Gasteiger partial charge in [-0.1, -0.05) is 0 Å². The molecule has 1 aromatic carbocycles. The molecule has 0 bridgehead atoms. The van der Waals surface area contributed by atoms with Crippen LogP contribution in [-0.2, 0) is 4.79 Å². The summed E-state index contributed by atoms with van der Waals surface area (Å²) in [5, 5.41) is 3.40. The Kier molecular flexibility index (Phi) is 5.99. The number of amides is 1. The summed E-state index contributed by atoms with van der Waals surface area (Å²) in [6, 6.07) is 0.367. The lowest BCUT2D eigenvalue weighted by Crippen LogP contribution is -2.47. The standard InChI is InChI=1S/C22H36N4O/c1-14-16(3)22(17(4)15(2)21(14)23)24-12-20(27)25(5)19-8-10-26(11-9-19)13-18-6-7-18/h18-19,24H,6-13,23H2,1-5H3. The molecular weight excluding hydrogens is 336 g/mol.